The maximum atomic E-state index is 13.3. The number of rotatable bonds is 7. The number of methoxy groups -OCH3 is 1. The van der Waals surface area contributed by atoms with E-state index in [1.165, 1.54) is 19.6 Å². The van der Waals surface area contributed by atoms with Crippen LogP contribution in [0.2, 0.25) is 0 Å². The van der Waals surface area contributed by atoms with Crippen LogP contribution in [0.25, 0.3) is 0 Å². The molecule has 0 radical (unpaired) electrons. The highest BCUT2D eigenvalue weighted by Gasteiger charge is 2.12. The van der Waals surface area contributed by atoms with Crippen molar-refractivity contribution < 1.29 is 9.13 Å². The van der Waals surface area contributed by atoms with E-state index in [0.717, 1.165) is 24.9 Å². The largest absolute Gasteiger partial charge is 0.494 e. The minimum absolute atomic E-state index is 0.287. The number of unbranched alkanes of at least 4 members (excludes halogenated alkanes) is 1. The second-order valence-corrected chi connectivity index (χ2v) is 4.15. The van der Waals surface area contributed by atoms with Gasteiger partial charge in [0.2, 0.25) is 0 Å². The molecule has 0 heterocycles. The van der Waals surface area contributed by atoms with Gasteiger partial charge in [-0.3, -0.25) is 0 Å². The Morgan fingerprint density at radius 2 is 2.12 bits per heavy atom. The first-order valence-corrected chi connectivity index (χ1v) is 6.29. The zero-order chi connectivity index (χ0) is 12.7. The number of ether oxygens (including phenoxy) is 1. The Hall–Kier alpha value is -1.09. The van der Waals surface area contributed by atoms with Gasteiger partial charge in [-0.15, -0.1) is 0 Å². The van der Waals surface area contributed by atoms with Gasteiger partial charge < -0.3 is 10.1 Å². The van der Waals surface area contributed by atoms with Crippen molar-refractivity contribution in [2.45, 2.75) is 39.2 Å². The van der Waals surface area contributed by atoms with E-state index < -0.39 is 0 Å². The fourth-order valence-electron chi connectivity index (χ4n) is 1.93. The van der Waals surface area contributed by atoms with Gasteiger partial charge in [-0.1, -0.05) is 32.8 Å². The van der Waals surface area contributed by atoms with E-state index in [1.807, 2.05) is 6.07 Å². The molecular formula is C14H22FNO. The maximum absolute atomic E-state index is 13.3. The van der Waals surface area contributed by atoms with Crippen LogP contribution in [0.5, 0.6) is 5.75 Å². The molecule has 1 aromatic carbocycles. The minimum atomic E-state index is -0.304. The smallest absolute Gasteiger partial charge is 0.165 e. The highest BCUT2D eigenvalue weighted by molar-refractivity contribution is 5.32. The van der Waals surface area contributed by atoms with Gasteiger partial charge in [0.05, 0.1) is 7.11 Å². The Kier molecular flexibility index (Phi) is 5.98. The van der Waals surface area contributed by atoms with E-state index in [4.69, 9.17) is 4.74 Å². The van der Waals surface area contributed by atoms with Gasteiger partial charge >= 0.3 is 0 Å². The molecule has 3 heteroatoms. The Morgan fingerprint density at radius 3 is 2.71 bits per heavy atom. The highest BCUT2D eigenvalue weighted by Crippen LogP contribution is 2.25. The van der Waals surface area contributed by atoms with Crippen molar-refractivity contribution in [1.29, 1.82) is 0 Å². The summed E-state index contributed by atoms with van der Waals surface area (Å²) in [7, 11) is 1.50. The van der Waals surface area contributed by atoms with Crippen LogP contribution >= 0.6 is 0 Å². The predicted octanol–water partition coefficient (Wildman–Crippen LogP) is 3.68. The highest BCUT2D eigenvalue weighted by atomic mass is 19.1. The normalized spacial score (nSPS) is 12.5. The number of halogens is 1. The Bertz CT molecular complexity index is 341. The Balaban J connectivity index is 2.85. The van der Waals surface area contributed by atoms with Gasteiger partial charge in [0.25, 0.3) is 0 Å². The first kappa shape index (κ1) is 14.0. The molecule has 0 aromatic heterocycles. The summed E-state index contributed by atoms with van der Waals surface area (Å²) in [5, 5.41) is 3.43. The summed E-state index contributed by atoms with van der Waals surface area (Å²) < 4.78 is 18.3. The molecule has 0 fully saturated rings. The Labute approximate surface area is 103 Å². The molecule has 2 nitrogen and oxygen atoms in total. The van der Waals surface area contributed by atoms with Crippen LogP contribution in [0.3, 0.4) is 0 Å². The van der Waals surface area contributed by atoms with E-state index >= 15 is 0 Å². The molecule has 0 spiro atoms. The molecule has 1 aromatic rings. The lowest BCUT2D eigenvalue weighted by atomic mass is 10.0. The minimum Gasteiger partial charge on any atom is -0.494 e. The zero-order valence-electron chi connectivity index (χ0n) is 10.9. The monoisotopic (exact) mass is 239 g/mol. The van der Waals surface area contributed by atoms with Gasteiger partial charge in [0.15, 0.2) is 11.6 Å². The summed E-state index contributed by atoms with van der Waals surface area (Å²) in [6.07, 6.45) is 3.40. The molecule has 0 bridgehead atoms. The lowest BCUT2D eigenvalue weighted by Gasteiger charge is -2.18. The third-order valence-electron chi connectivity index (χ3n) is 2.87. The van der Waals surface area contributed by atoms with Crippen LogP contribution in [0, 0.1) is 5.82 Å². The van der Waals surface area contributed by atoms with Gasteiger partial charge in [-0.25, -0.2) is 4.39 Å². The molecule has 1 rings (SSSR count). The third-order valence-corrected chi connectivity index (χ3v) is 2.87. The summed E-state index contributed by atoms with van der Waals surface area (Å²) in [6, 6.07) is 5.39. The summed E-state index contributed by atoms with van der Waals surface area (Å²) in [5.74, 6) is 0.0175. The van der Waals surface area contributed by atoms with Gasteiger partial charge in [-0.05, 0) is 30.7 Å². The van der Waals surface area contributed by atoms with E-state index in [1.54, 1.807) is 6.07 Å². The van der Waals surface area contributed by atoms with Crippen LogP contribution in [0.15, 0.2) is 18.2 Å². The first-order chi connectivity index (χ1) is 8.22. The maximum Gasteiger partial charge on any atom is 0.165 e. The van der Waals surface area contributed by atoms with Crippen molar-refractivity contribution >= 4 is 0 Å². The number of nitrogens with one attached hydrogen (secondary N) is 1. The topological polar surface area (TPSA) is 21.3 Å². The molecule has 0 amide bonds. The van der Waals surface area contributed by atoms with E-state index in [-0.39, 0.29) is 11.9 Å². The number of hydrogen-bond donors (Lipinski definition) is 1. The molecular weight excluding hydrogens is 217 g/mol. The summed E-state index contributed by atoms with van der Waals surface area (Å²) in [5.41, 5.74) is 1.10. The SMILES string of the molecule is CCCCC(NCC)c1ccc(F)c(OC)c1. The van der Waals surface area contributed by atoms with E-state index in [9.17, 15) is 4.39 Å². The van der Waals surface area contributed by atoms with Crippen LogP contribution in [0.1, 0.15) is 44.7 Å². The van der Waals surface area contributed by atoms with E-state index in [0.29, 0.717) is 5.75 Å². The fourth-order valence-corrected chi connectivity index (χ4v) is 1.93. The lowest BCUT2D eigenvalue weighted by molar-refractivity contribution is 0.384. The van der Waals surface area contributed by atoms with Crippen LogP contribution in [-0.2, 0) is 0 Å². The van der Waals surface area contributed by atoms with Crippen molar-refractivity contribution in [2.75, 3.05) is 13.7 Å². The lowest BCUT2D eigenvalue weighted by Crippen LogP contribution is -2.20. The average Bonchev–Trinajstić information content (AvgIpc) is 2.35. The van der Waals surface area contributed by atoms with Crippen LogP contribution in [0.4, 0.5) is 4.39 Å². The number of hydrogen-bond acceptors (Lipinski definition) is 2. The average molecular weight is 239 g/mol. The van der Waals surface area contributed by atoms with E-state index in [2.05, 4.69) is 19.2 Å². The van der Waals surface area contributed by atoms with Crippen molar-refractivity contribution in [3.8, 4) is 5.75 Å². The van der Waals surface area contributed by atoms with Crippen molar-refractivity contribution in [3.05, 3.63) is 29.6 Å². The molecule has 96 valence electrons. The quantitative estimate of drug-likeness (QED) is 0.783. The molecule has 0 aliphatic heterocycles. The molecule has 0 aliphatic carbocycles. The molecule has 0 saturated heterocycles. The first-order valence-electron chi connectivity index (χ1n) is 6.29. The summed E-state index contributed by atoms with van der Waals surface area (Å²) in [6.45, 7) is 5.17. The van der Waals surface area contributed by atoms with Gasteiger partial charge in [-0.2, -0.15) is 0 Å². The van der Waals surface area contributed by atoms with Crippen LogP contribution < -0.4 is 10.1 Å². The summed E-state index contributed by atoms with van der Waals surface area (Å²) in [4.78, 5) is 0. The molecule has 17 heavy (non-hydrogen) atoms. The predicted molar refractivity (Wildman–Crippen MR) is 68.9 cm³/mol. The zero-order valence-corrected chi connectivity index (χ0v) is 10.9. The second-order valence-electron chi connectivity index (χ2n) is 4.15. The third kappa shape index (κ3) is 4.00. The molecule has 0 saturated carbocycles. The van der Waals surface area contributed by atoms with Gasteiger partial charge in [0, 0.05) is 6.04 Å². The molecule has 1 atom stereocenters. The molecule has 1 unspecified atom stereocenters. The molecule has 0 aliphatic rings. The van der Waals surface area contributed by atoms with Crippen molar-refractivity contribution in [1.82, 2.24) is 5.32 Å². The van der Waals surface area contributed by atoms with Crippen molar-refractivity contribution in [3.63, 3.8) is 0 Å². The van der Waals surface area contributed by atoms with Crippen molar-refractivity contribution in [2.24, 2.45) is 0 Å². The Morgan fingerprint density at radius 1 is 1.35 bits per heavy atom. The summed E-state index contributed by atoms with van der Waals surface area (Å²) >= 11 is 0. The molecule has 1 N–H and O–H groups in total. The fraction of sp³-hybridized carbons (Fsp3) is 0.571. The standard InChI is InChI=1S/C14H22FNO/c1-4-6-7-13(16-5-2)11-8-9-12(15)14(10-11)17-3/h8-10,13,16H,4-7H2,1-3H3. The number of benzene rings is 1. The van der Waals surface area contributed by atoms with Crippen LogP contribution in [-0.4, -0.2) is 13.7 Å². The second kappa shape index (κ2) is 7.28. The van der Waals surface area contributed by atoms with Gasteiger partial charge in [0.1, 0.15) is 0 Å².